The van der Waals surface area contributed by atoms with Gasteiger partial charge in [-0.2, -0.15) is 10.2 Å². The normalized spacial score (nSPS) is 16.7. The van der Waals surface area contributed by atoms with Crippen LogP contribution in [0.4, 0.5) is 0 Å². The van der Waals surface area contributed by atoms with Gasteiger partial charge in [-0.05, 0) is 19.4 Å². The van der Waals surface area contributed by atoms with E-state index >= 15 is 0 Å². The van der Waals surface area contributed by atoms with Gasteiger partial charge in [-0.3, -0.25) is 14.4 Å². The van der Waals surface area contributed by atoms with Crippen LogP contribution in [-0.4, -0.2) is 57.2 Å². The molecule has 1 unspecified atom stereocenters. The number of morpholine rings is 1. The maximum atomic E-state index is 5.97. The van der Waals surface area contributed by atoms with Crippen LogP contribution in [0.3, 0.4) is 0 Å². The van der Waals surface area contributed by atoms with Crippen LogP contribution < -0.4 is 5.32 Å². The molecule has 0 spiro atoms. The molecular formula is C23H32IN7O. The number of nitrogens with zero attached hydrogens (tertiary/aromatic N) is 6. The molecule has 1 fully saturated rings. The van der Waals surface area contributed by atoms with E-state index in [9.17, 15) is 0 Å². The summed E-state index contributed by atoms with van der Waals surface area (Å²) in [5.41, 5.74) is 5.79. The van der Waals surface area contributed by atoms with E-state index in [0.717, 1.165) is 36.9 Å². The van der Waals surface area contributed by atoms with Crippen molar-refractivity contribution in [2.24, 2.45) is 12.0 Å². The van der Waals surface area contributed by atoms with Gasteiger partial charge in [0, 0.05) is 50.2 Å². The number of ether oxygens (including phenoxy) is 1. The first kappa shape index (κ1) is 24.2. The molecule has 3 aromatic rings. The SMILES string of the molecule is CN=C(NCc1c(C)nn(Cc2ccccc2)c1C)N1CCOC(c2cnn(C)c2)C1.I. The van der Waals surface area contributed by atoms with Gasteiger partial charge in [-0.15, -0.1) is 24.0 Å². The lowest BCUT2D eigenvalue weighted by Gasteiger charge is -2.34. The van der Waals surface area contributed by atoms with E-state index in [2.05, 4.69) is 63.1 Å². The lowest BCUT2D eigenvalue weighted by atomic mass is 10.1. The number of aromatic nitrogens is 4. The Bertz CT molecular complexity index is 1040. The largest absolute Gasteiger partial charge is 0.370 e. The first-order chi connectivity index (χ1) is 15.0. The van der Waals surface area contributed by atoms with Crippen molar-refractivity contribution < 1.29 is 4.74 Å². The van der Waals surface area contributed by atoms with Crippen LogP contribution in [0, 0.1) is 13.8 Å². The highest BCUT2D eigenvalue weighted by atomic mass is 127. The van der Waals surface area contributed by atoms with Crippen molar-refractivity contribution >= 4 is 29.9 Å². The summed E-state index contributed by atoms with van der Waals surface area (Å²) in [5.74, 6) is 0.881. The minimum atomic E-state index is -0.00176. The number of nitrogens with one attached hydrogen (secondary N) is 1. The molecule has 1 aliphatic heterocycles. The van der Waals surface area contributed by atoms with Crippen molar-refractivity contribution in [3.63, 3.8) is 0 Å². The molecule has 172 valence electrons. The molecule has 9 heteroatoms. The fourth-order valence-electron chi connectivity index (χ4n) is 4.05. The highest BCUT2D eigenvalue weighted by Gasteiger charge is 2.25. The molecule has 0 saturated carbocycles. The van der Waals surface area contributed by atoms with Crippen LogP contribution in [0.5, 0.6) is 0 Å². The van der Waals surface area contributed by atoms with Crippen LogP contribution in [0.15, 0.2) is 47.7 Å². The number of guanidine groups is 1. The number of aryl methyl sites for hydroxylation is 2. The Morgan fingerprint density at radius 2 is 2.03 bits per heavy atom. The summed E-state index contributed by atoms with van der Waals surface area (Å²) < 4.78 is 9.86. The van der Waals surface area contributed by atoms with Crippen molar-refractivity contribution in [1.29, 1.82) is 0 Å². The summed E-state index contributed by atoms with van der Waals surface area (Å²) in [6.07, 6.45) is 3.88. The highest BCUT2D eigenvalue weighted by molar-refractivity contribution is 14.0. The first-order valence-corrected chi connectivity index (χ1v) is 10.7. The van der Waals surface area contributed by atoms with E-state index in [1.54, 1.807) is 0 Å². The van der Waals surface area contributed by atoms with Crippen LogP contribution in [0.2, 0.25) is 0 Å². The van der Waals surface area contributed by atoms with Gasteiger partial charge in [-0.25, -0.2) is 0 Å². The Morgan fingerprint density at radius 3 is 2.72 bits per heavy atom. The summed E-state index contributed by atoms with van der Waals surface area (Å²) in [4.78, 5) is 6.77. The molecule has 0 bridgehead atoms. The summed E-state index contributed by atoms with van der Waals surface area (Å²) in [7, 11) is 3.75. The van der Waals surface area contributed by atoms with Crippen molar-refractivity contribution in [2.45, 2.75) is 33.0 Å². The third kappa shape index (κ3) is 5.50. The van der Waals surface area contributed by atoms with E-state index in [1.807, 2.05) is 37.2 Å². The second-order valence-electron chi connectivity index (χ2n) is 7.95. The molecule has 1 aliphatic rings. The zero-order valence-corrected chi connectivity index (χ0v) is 21.5. The van der Waals surface area contributed by atoms with E-state index in [4.69, 9.17) is 9.84 Å². The minimum Gasteiger partial charge on any atom is -0.370 e. The smallest absolute Gasteiger partial charge is 0.194 e. The van der Waals surface area contributed by atoms with Gasteiger partial charge in [0.05, 0.1) is 31.6 Å². The van der Waals surface area contributed by atoms with Crippen molar-refractivity contribution in [3.05, 3.63) is 70.8 Å². The Morgan fingerprint density at radius 1 is 1.25 bits per heavy atom. The topological polar surface area (TPSA) is 72.5 Å². The van der Waals surface area contributed by atoms with Gasteiger partial charge in [0.25, 0.3) is 0 Å². The van der Waals surface area contributed by atoms with E-state index in [-0.39, 0.29) is 30.1 Å². The Hall–Kier alpha value is -2.40. The molecule has 1 saturated heterocycles. The Balaban J connectivity index is 0.00000289. The minimum absolute atomic E-state index is 0. The van der Waals surface area contributed by atoms with Crippen molar-refractivity contribution in [3.8, 4) is 0 Å². The summed E-state index contributed by atoms with van der Waals surface area (Å²) in [6.45, 7) is 7.88. The molecule has 0 aliphatic carbocycles. The maximum absolute atomic E-state index is 5.97. The number of hydrogen-bond donors (Lipinski definition) is 1. The van der Waals surface area contributed by atoms with Gasteiger partial charge in [0.15, 0.2) is 5.96 Å². The van der Waals surface area contributed by atoms with E-state index in [1.165, 1.54) is 16.8 Å². The third-order valence-corrected chi connectivity index (χ3v) is 5.80. The summed E-state index contributed by atoms with van der Waals surface area (Å²) in [6, 6.07) is 10.4. The van der Waals surface area contributed by atoms with Crippen LogP contribution >= 0.6 is 24.0 Å². The average molecular weight is 549 g/mol. The van der Waals surface area contributed by atoms with Gasteiger partial charge in [0.1, 0.15) is 6.10 Å². The summed E-state index contributed by atoms with van der Waals surface area (Å²) >= 11 is 0. The van der Waals surface area contributed by atoms with Gasteiger partial charge in [-0.1, -0.05) is 30.3 Å². The lowest BCUT2D eigenvalue weighted by Crippen LogP contribution is -2.48. The first-order valence-electron chi connectivity index (χ1n) is 10.7. The zero-order chi connectivity index (χ0) is 21.8. The average Bonchev–Trinajstić information content (AvgIpc) is 3.33. The zero-order valence-electron chi connectivity index (χ0n) is 19.2. The maximum Gasteiger partial charge on any atom is 0.194 e. The third-order valence-electron chi connectivity index (χ3n) is 5.80. The molecule has 2 aromatic heterocycles. The molecule has 3 heterocycles. The standard InChI is InChI=1S/C23H31N7O.HI/c1-17-21(18(2)30(27-17)14-19-8-6-5-7-9-19)13-25-23(24-3)29-10-11-31-22(16-29)20-12-26-28(4)15-20;/h5-9,12,15,22H,10-11,13-14,16H2,1-4H3,(H,24,25);1H. The van der Waals surface area contributed by atoms with Gasteiger partial charge in [0.2, 0.25) is 0 Å². The molecule has 0 radical (unpaired) electrons. The second-order valence-corrected chi connectivity index (χ2v) is 7.95. The quantitative estimate of drug-likeness (QED) is 0.301. The van der Waals surface area contributed by atoms with E-state index < -0.39 is 0 Å². The van der Waals surface area contributed by atoms with Crippen LogP contribution in [-0.2, 0) is 24.9 Å². The molecule has 0 amide bonds. The predicted octanol–water partition coefficient (Wildman–Crippen LogP) is 3.05. The van der Waals surface area contributed by atoms with Gasteiger partial charge >= 0.3 is 0 Å². The van der Waals surface area contributed by atoms with Crippen molar-refractivity contribution in [1.82, 2.24) is 29.8 Å². The molecule has 1 atom stereocenters. The highest BCUT2D eigenvalue weighted by Crippen LogP contribution is 2.22. The number of rotatable bonds is 5. The van der Waals surface area contributed by atoms with Crippen molar-refractivity contribution in [2.75, 3.05) is 26.7 Å². The monoisotopic (exact) mass is 549 g/mol. The fourth-order valence-corrected chi connectivity index (χ4v) is 4.05. The molecule has 4 rings (SSSR count). The molecule has 1 N–H and O–H groups in total. The number of benzene rings is 1. The van der Waals surface area contributed by atoms with Crippen LogP contribution in [0.25, 0.3) is 0 Å². The number of halogens is 1. The number of hydrogen-bond acceptors (Lipinski definition) is 4. The van der Waals surface area contributed by atoms with Gasteiger partial charge < -0.3 is 15.0 Å². The molecule has 1 aromatic carbocycles. The predicted molar refractivity (Wildman–Crippen MR) is 136 cm³/mol. The molecule has 8 nitrogen and oxygen atoms in total. The molecule has 32 heavy (non-hydrogen) atoms. The summed E-state index contributed by atoms with van der Waals surface area (Å²) in [5, 5.41) is 12.6. The Labute approximate surface area is 206 Å². The van der Waals surface area contributed by atoms with E-state index in [0.29, 0.717) is 13.2 Å². The lowest BCUT2D eigenvalue weighted by molar-refractivity contribution is -0.00805. The van der Waals surface area contributed by atoms with Crippen LogP contribution in [0.1, 0.15) is 34.2 Å². The second kappa shape index (κ2) is 11.0. The Kier molecular flexibility index (Phi) is 8.30. The fraction of sp³-hybridized carbons (Fsp3) is 0.435. The molecular weight excluding hydrogens is 517 g/mol. The number of aliphatic imine (C=N–C) groups is 1.